The summed E-state index contributed by atoms with van der Waals surface area (Å²) in [6.07, 6.45) is 0.750. The molecule has 198 valence electrons. The summed E-state index contributed by atoms with van der Waals surface area (Å²) >= 11 is 4.78. The van der Waals surface area contributed by atoms with Crippen LogP contribution in [0.1, 0.15) is 35.2 Å². The van der Waals surface area contributed by atoms with Crippen molar-refractivity contribution in [2.75, 3.05) is 26.5 Å². The molecule has 3 rings (SSSR count). The highest BCUT2D eigenvalue weighted by atomic mass is 79.9. The molecule has 0 saturated carbocycles. The molecule has 2 aromatic rings. The highest BCUT2D eigenvalue weighted by molar-refractivity contribution is 9.10. The normalized spacial score (nSPS) is 14.4. The number of carbonyl (C=O) groups excluding carboxylic acids is 2. The molecule has 0 spiro atoms. The number of carbonyl (C=O) groups is 2. The molecule has 1 aliphatic heterocycles. The Balaban J connectivity index is 0.000000926. The van der Waals surface area contributed by atoms with Crippen LogP contribution < -0.4 is 5.73 Å². The van der Waals surface area contributed by atoms with Crippen molar-refractivity contribution in [3.63, 3.8) is 0 Å². The van der Waals surface area contributed by atoms with Crippen molar-refractivity contribution in [1.29, 1.82) is 10.5 Å². The standard InChI is InChI=1S/C24H21BrN4O3S.C3H7NO/c1-4-31-24(30)21-19(12-33-23-16(10-26)13(2)9-14(3)29-23)32-22(28)17(11-27)20(21)15-7-5-6-8-18(15)25;1-4(2)3-5/h5-9,20H,4,12,28H2,1-3H3;3H,1-2H3. The van der Waals surface area contributed by atoms with Crippen molar-refractivity contribution >= 4 is 40.1 Å². The number of nitriles is 2. The molecule has 38 heavy (non-hydrogen) atoms. The number of benzene rings is 1. The Bertz CT molecular complexity index is 1360. The summed E-state index contributed by atoms with van der Waals surface area (Å²) in [5, 5.41) is 19.9. The molecule has 2 heterocycles. The van der Waals surface area contributed by atoms with Gasteiger partial charge in [-0.25, -0.2) is 9.78 Å². The molecule has 0 aliphatic carbocycles. The van der Waals surface area contributed by atoms with Gasteiger partial charge in [-0.2, -0.15) is 10.5 Å². The van der Waals surface area contributed by atoms with E-state index in [1.165, 1.54) is 16.7 Å². The zero-order valence-electron chi connectivity index (χ0n) is 21.7. The molecule has 1 atom stereocenters. The number of nitrogens with zero attached hydrogens (tertiary/aromatic N) is 4. The third-order valence-corrected chi connectivity index (χ3v) is 6.88. The number of hydrogen-bond acceptors (Lipinski definition) is 9. The number of allylic oxidation sites excluding steroid dienone is 1. The fraction of sp³-hybridized carbons (Fsp3) is 0.296. The SMILES string of the molecule is CCOC(=O)C1=C(CSc2nc(C)cc(C)c2C#N)OC(N)=C(C#N)C1c1ccccc1Br.CN(C)C=O. The van der Waals surface area contributed by atoms with Gasteiger partial charge in [-0.15, -0.1) is 0 Å². The second-order valence-corrected chi connectivity index (χ2v) is 10.1. The van der Waals surface area contributed by atoms with Gasteiger partial charge in [0.15, 0.2) is 0 Å². The van der Waals surface area contributed by atoms with Crippen molar-refractivity contribution in [2.45, 2.75) is 31.7 Å². The van der Waals surface area contributed by atoms with Crippen molar-refractivity contribution < 1.29 is 19.1 Å². The summed E-state index contributed by atoms with van der Waals surface area (Å²) in [6, 6.07) is 13.4. The van der Waals surface area contributed by atoms with Gasteiger partial charge in [0.25, 0.3) is 0 Å². The quantitative estimate of drug-likeness (QED) is 0.278. The van der Waals surface area contributed by atoms with Crippen LogP contribution in [0.15, 0.2) is 62.6 Å². The van der Waals surface area contributed by atoms with E-state index in [2.05, 4.69) is 33.1 Å². The maximum atomic E-state index is 13.1. The molecule has 0 radical (unpaired) electrons. The number of esters is 1. The lowest BCUT2D eigenvalue weighted by Gasteiger charge is -2.28. The maximum absolute atomic E-state index is 13.1. The Morgan fingerprint density at radius 1 is 1.29 bits per heavy atom. The van der Waals surface area contributed by atoms with E-state index < -0.39 is 11.9 Å². The number of rotatable bonds is 7. The fourth-order valence-corrected chi connectivity index (χ4v) is 5.11. The van der Waals surface area contributed by atoms with Crippen LogP contribution in [-0.2, 0) is 19.1 Å². The van der Waals surface area contributed by atoms with E-state index >= 15 is 0 Å². The zero-order chi connectivity index (χ0) is 28.4. The summed E-state index contributed by atoms with van der Waals surface area (Å²) in [7, 11) is 3.38. The molecule has 0 saturated heterocycles. The molecule has 11 heteroatoms. The minimum absolute atomic E-state index is 0.0733. The van der Waals surface area contributed by atoms with Gasteiger partial charge in [0.1, 0.15) is 28.5 Å². The van der Waals surface area contributed by atoms with E-state index in [-0.39, 0.29) is 35.1 Å². The van der Waals surface area contributed by atoms with Gasteiger partial charge in [-0.3, -0.25) is 4.79 Å². The monoisotopic (exact) mass is 597 g/mol. The summed E-state index contributed by atoms with van der Waals surface area (Å²) in [4.78, 5) is 28.4. The molecule has 1 amide bonds. The largest absolute Gasteiger partial charge is 0.463 e. The van der Waals surface area contributed by atoms with Gasteiger partial charge in [-0.05, 0) is 44.0 Å². The Morgan fingerprint density at radius 3 is 2.50 bits per heavy atom. The Hall–Kier alpha value is -3.80. The van der Waals surface area contributed by atoms with Crippen molar-refractivity contribution in [3.8, 4) is 12.1 Å². The average Bonchev–Trinajstić information content (AvgIpc) is 2.87. The number of pyridine rings is 1. The predicted molar refractivity (Wildman–Crippen MR) is 147 cm³/mol. The van der Waals surface area contributed by atoms with Crippen LogP contribution in [0.2, 0.25) is 0 Å². The molecule has 1 aliphatic rings. The number of nitrogens with two attached hydrogens (primary N) is 1. The van der Waals surface area contributed by atoms with Gasteiger partial charge in [0.2, 0.25) is 12.3 Å². The zero-order valence-corrected chi connectivity index (χ0v) is 24.1. The van der Waals surface area contributed by atoms with Crippen LogP contribution in [0, 0.1) is 36.5 Å². The lowest BCUT2D eigenvalue weighted by Crippen LogP contribution is -2.27. The summed E-state index contributed by atoms with van der Waals surface area (Å²) in [5.41, 5.74) is 9.19. The fourth-order valence-electron chi connectivity index (χ4n) is 3.55. The number of aromatic nitrogens is 1. The van der Waals surface area contributed by atoms with Gasteiger partial charge < -0.3 is 20.1 Å². The highest BCUT2D eigenvalue weighted by Gasteiger charge is 2.38. The molecule has 9 nitrogen and oxygen atoms in total. The number of amides is 1. The number of hydrogen-bond donors (Lipinski definition) is 1. The molecule has 1 aromatic carbocycles. The molecule has 0 fully saturated rings. The number of thioether (sulfide) groups is 1. The smallest absolute Gasteiger partial charge is 0.338 e. The second kappa shape index (κ2) is 14.2. The number of aryl methyl sites for hydroxylation is 2. The summed E-state index contributed by atoms with van der Waals surface area (Å²) in [5.74, 6) is -1.00. The van der Waals surface area contributed by atoms with Crippen LogP contribution in [0.4, 0.5) is 0 Å². The van der Waals surface area contributed by atoms with E-state index in [1.54, 1.807) is 21.0 Å². The summed E-state index contributed by atoms with van der Waals surface area (Å²) < 4.78 is 11.8. The minimum Gasteiger partial charge on any atom is -0.463 e. The Labute approximate surface area is 235 Å². The van der Waals surface area contributed by atoms with Crippen LogP contribution >= 0.6 is 27.7 Å². The Morgan fingerprint density at radius 2 is 1.95 bits per heavy atom. The first-order valence-corrected chi connectivity index (χ1v) is 13.2. The number of halogens is 1. The molecule has 1 aromatic heterocycles. The van der Waals surface area contributed by atoms with E-state index in [0.717, 1.165) is 17.7 Å². The third kappa shape index (κ3) is 7.37. The van der Waals surface area contributed by atoms with Crippen LogP contribution in [0.3, 0.4) is 0 Å². The lowest BCUT2D eigenvalue weighted by atomic mass is 9.83. The van der Waals surface area contributed by atoms with E-state index in [0.29, 0.717) is 20.6 Å². The molecule has 1 unspecified atom stereocenters. The first-order chi connectivity index (χ1) is 18.1. The average molecular weight is 599 g/mol. The minimum atomic E-state index is -0.767. The lowest BCUT2D eigenvalue weighted by molar-refractivity contribution is -0.139. The van der Waals surface area contributed by atoms with Crippen molar-refractivity contribution in [1.82, 2.24) is 9.88 Å². The topological polar surface area (TPSA) is 142 Å². The predicted octanol–water partition coefficient (Wildman–Crippen LogP) is 4.45. The summed E-state index contributed by atoms with van der Waals surface area (Å²) in [6.45, 7) is 5.56. The van der Waals surface area contributed by atoms with Crippen molar-refractivity contribution in [2.24, 2.45) is 5.73 Å². The van der Waals surface area contributed by atoms with Crippen LogP contribution in [0.5, 0.6) is 0 Å². The highest BCUT2D eigenvalue weighted by Crippen LogP contribution is 2.43. The van der Waals surface area contributed by atoms with E-state index in [9.17, 15) is 20.1 Å². The van der Waals surface area contributed by atoms with Gasteiger partial charge >= 0.3 is 5.97 Å². The number of ether oxygens (including phenoxy) is 2. The molecule has 0 bridgehead atoms. The van der Waals surface area contributed by atoms with Gasteiger partial charge in [0, 0.05) is 24.3 Å². The van der Waals surface area contributed by atoms with E-state index in [1.807, 2.05) is 44.2 Å². The third-order valence-electron chi connectivity index (χ3n) is 5.18. The second-order valence-electron chi connectivity index (χ2n) is 8.23. The first-order valence-electron chi connectivity index (χ1n) is 11.4. The molecule has 2 N–H and O–H groups in total. The van der Waals surface area contributed by atoms with Crippen LogP contribution in [-0.4, -0.2) is 48.7 Å². The molecular weight excluding hydrogens is 570 g/mol. The van der Waals surface area contributed by atoms with E-state index in [4.69, 9.17) is 15.2 Å². The van der Waals surface area contributed by atoms with Gasteiger partial charge in [0.05, 0.1) is 29.4 Å². The van der Waals surface area contributed by atoms with Crippen LogP contribution in [0.25, 0.3) is 0 Å². The first kappa shape index (κ1) is 30.4. The van der Waals surface area contributed by atoms with Crippen molar-refractivity contribution in [3.05, 3.63) is 80.0 Å². The molecular formula is C27H28BrN5O4S. The Kier molecular flexibility index (Phi) is 11.4. The maximum Gasteiger partial charge on any atom is 0.338 e. The van der Waals surface area contributed by atoms with Gasteiger partial charge in [-0.1, -0.05) is 45.9 Å².